The fourth-order valence-corrected chi connectivity index (χ4v) is 2.50. The largest absolute Gasteiger partial charge is 0.300 e. The van der Waals surface area contributed by atoms with Crippen molar-refractivity contribution in [1.29, 1.82) is 0 Å². The molecule has 13 heavy (non-hydrogen) atoms. The van der Waals surface area contributed by atoms with Crippen LogP contribution in [0.1, 0.15) is 58.8 Å². The Balaban J connectivity index is 2.44. The van der Waals surface area contributed by atoms with Gasteiger partial charge < -0.3 is 0 Å². The van der Waals surface area contributed by atoms with E-state index in [-0.39, 0.29) is 0 Å². The number of hydrogen-bond donors (Lipinski definition) is 0. The van der Waals surface area contributed by atoms with Crippen molar-refractivity contribution in [3.8, 4) is 0 Å². The van der Waals surface area contributed by atoms with Crippen LogP contribution in [0.3, 0.4) is 0 Å². The molecule has 0 radical (unpaired) electrons. The molecular weight excluding hydrogens is 160 g/mol. The van der Waals surface area contributed by atoms with Gasteiger partial charge in [-0.25, -0.2) is 0 Å². The first-order valence-electron chi connectivity index (χ1n) is 5.74. The zero-order valence-corrected chi connectivity index (χ0v) is 9.01. The Morgan fingerprint density at radius 2 is 2.00 bits per heavy atom. The van der Waals surface area contributed by atoms with Gasteiger partial charge in [0, 0.05) is 5.92 Å². The smallest absolute Gasteiger partial charge is 0.132 e. The molecule has 0 amide bonds. The van der Waals surface area contributed by atoms with E-state index < -0.39 is 0 Å². The highest BCUT2D eigenvalue weighted by Gasteiger charge is 2.22. The maximum Gasteiger partial charge on any atom is 0.132 e. The number of carbonyl (C=O) groups is 1. The molecule has 0 heterocycles. The van der Waals surface area contributed by atoms with E-state index in [2.05, 4.69) is 6.92 Å². The third kappa shape index (κ3) is 3.50. The van der Waals surface area contributed by atoms with Crippen LogP contribution in [0.2, 0.25) is 0 Å². The lowest BCUT2D eigenvalue weighted by atomic mass is 9.88. The molecule has 0 aromatic carbocycles. The third-order valence-electron chi connectivity index (χ3n) is 3.30. The first-order valence-corrected chi connectivity index (χ1v) is 5.74. The maximum atomic E-state index is 11.3. The molecule has 0 unspecified atom stereocenters. The molecule has 0 aromatic rings. The van der Waals surface area contributed by atoms with E-state index in [4.69, 9.17) is 0 Å². The van der Waals surface area contributed by atoms with E-state index in [9.17, 15) is 4.79 Å². The second-order valence-corrected chi connectivity index (χ2v) is 4.48. The quantitative estimate of drug-likeness (QED) is 0.610. The number of Topliss-reactive ketones (excluding diaryl/α,β-unsaturated/α-hetero) is 1. The topological polar surface area (TPSA) is 17.1 Å². The van der Waals surface area contributed by atoms with Gasteiger partial charge in [-0.15, -0.1) is 0 Å². The minimum atomic E-state index is 0.388. The van der Waals surface area contributed by atoms with Gasteiger partial charge in [-0.05, 0) is 25.7 Å². The molecule has 1 aliphatic carbocycles. The van der Waals surface area contributed by atoms with Crippen LogP contribution in [0.15, 0.2) is 0 Å². The van der Waals surface area contributed by atoms with Crippen LogP contribution >= 0.6 is 0 Å². The van der Waals surface area contributed by atoms with Gasteiger partial charge in [0.2, 0.25) is 0 Å². The lowest BCUT2D eigenvalue weighted by molar-refractivity contribution is -0.121. The number of ketones is 1. The third-order valence-corrected chi connectivity index (χ3v) is 3.30. The number of rotatable bonds is 3. The fraction of sp³-hybridized carbons (Fsp3) is 0.917. The second-order valence-electron chi connectivity index (χ2n) is 4.48. The molecule has 0 aliphatic heterocycles. The Morgan fingerprint density at radius 3 is 2.62 bits per heavy atom. The zero-order valence-electron chi connectivity index (χ0n) is 9.01. The zero-order chi connectivity index (χ0) is 9.68. The molecule has 1 rings (SSSR count). The highest BCUT2D eigenvalue weighted by molar-refractivity contribution is 5.78. The van der Waals surface area contributed by atoms with Gasteiger partial charge in [0.1, 0.15) is 5.78 Å². The maximum absolute atomic E-state index is 11.3. The van der Waals surface area contributed by atoms with E-state index in [1.165, 1.54) is 38.5 Å². The summed E-state index contributed by atoms with van der Waals surface area (Å²) >= 11 is 0. The molecule has 1 fully saturated rings. The van der Waals surface area contributed by atoms with E-state index in [0.29, 0.717) is 11.7 Å². The normalized spacial score (nSPS) is 29.7. The van der Waals surface area contributed by atoms with Crippen molar-refractivity contribution in [2.45, 2.75) is 58.8 Å². The molecule has 1 saturated carbocycles. The van der Waals surface area contributed by atoms with E-state index in [1.807, 2.05) is 0 Å². The molecule has 0 spiro atoms. The van der Waals surface area contributed by atoms with E-state index >= 15 is 0 Å². The van der Waals surface area contributed by atoms with Crippen LogP contribution in [0.4, 0.5) is 0 Å². The molecular formula is C12H22O. The Morgan fingerprint density at radius 1 is 1.31 bits per heavy atom. The van der Waals surface area contributed by atoms with Gasteiger partial charge in [-0.3, -0.25) is 4.79 Å². The summed E-state index contributed by atoms with van der Waals surface area (Å²) < 4.78 is 0. The van der Waals surface area contributed by atoms with Gasteiger partial charge in [-0.1, -0.05) is 39.0 Å². The van der Waals surface area contributed by atoms with Gasteiger partial charge in [-0.2, -0.15) is 0 Å². The summed E-state index contributed by atoms with van der Waals surface area (Å²) in [5.74, 6) is 1.64. The molecule has 1 heteroatoms. The van der Waals surface area contributed by atoms with Crippen molar-refractivity contribution in [2.24, 2.45) is 11.8 Å². The lowest BCUT2D eigenvalue weighted by Crippen LogP contribution is -2.13. The van der Waals surface area contributed by atoms with Gasteiger partial charge in [0.05, 0.1) is 0 Å². The summed E-state index contributed by atoms with van der Waals surface area (Å²) in [6, 6.07) is 0. The Kier molecular flexibility index (Phi) is 4.47. The Labute approximate surface area is 81.9 Å². The molecule has 0 bridgehead atoms. The molecule has 0 N–H and O–H groups in total. The Bertz CT molecular complexity index is 163. The van der Waals surface area contributed by atoms with Crippen molar-refractivity contribution in [3.63, 3.8) is 0 Å². The van der Waals surface area contributed by atoms with Crippen molar-refractivity contribution in [3.05, 3.63) is 0 Å². The van der Waals surface area contributed by atoms with E-state index in [1.54, 1.807) is 6.92 Å². The van der Waals surface area contributed by atoms with Crippen molar-refractivity contribution >= 4 is 5.78 Å². The van der Waals surface area contributed by atoms with Crippen LogP contribution in [0, 0.1) is 11.8 Å². The molecule has 76 valence electrons. The summed E-state index contributed by atoms with van der Waals surface area (Å²) in [6.07, 6.45) is 8.88. The highest BCUT2D eigenvalue weighted by atomic mass is 16.1. The minimum Gasteiger partial charge on any atom is -0.300 e. The fourth-order valence-electron chi connectivity index (χ4n) is 2.50. The predicted octanol–water partition coefficient (Wildman–Crippen LogP) is 3.57. The van der Waals surface area contributed by atoms with Gasteiger partial charge >= 0.3 is 0 Å². The first kappa shape index (κ1) is 10.7. The van der Waals surface area contributed by atoms with Crippen LogP contribution in [-0.4, -0.2) is 5.78 Å². The van der Waals surface area contributed by atoms with Crippen molar-refractivity contribution in [1.82, 2.24) is 0 Å². The average Bonchev–Trinajstić information content (AvgIpc) is 2.30. The summed E-state index contributed by atoms with van der Waals surface area (Å²) in [5, 5.41) is 0. The molecule has 0 aromatic heterocycles. The van der Waals surface area contributed by atoms with Crippen LogP contribution in [-0.2, 0) is 4.79 Å². The van der Waals surface area contributed by atoms with Crippen LogP contribution in [0.25, 0.3) is 0 Å². The summed E-state index contributed by atoms with van der Waals surface area (Å²) in [5.41, 5.74) is 0. The molecule has 0 saturated heterocycles. The minimum absolute atomic E-state index is 0.388. The molecule has 1 aliphatic rings. The lowest BCUT2D eigenvalue weighted by Gasteiger charge is -2.16. The number of hydrogen-bond acceptors (Lipinski definition) is 1. The molecule has 1 nitrogen and oxygen atoms in total. The van der Waals surface area contributed by atoms with Gasteiger partial charge in [0.15, 0.2) is 0 Å². The molecule has 2 atom stereocenters. The highest BCUT2D eigenvalue weighted by Crippen LogP contribution is 2.30. The second kappa shape index (κ2) is 5.41. The average molecular weight is 182 g/mol. The van der Waals surface area contributed by atoms with Crippen LogP contribution in [0.5, 0.6) is 0 Å². The van der Waals surface area contributed by atoms with Crippen LogP contribution < -0.4 is 0 Å². The summed E-state index contributed by atoms with van der Waals surface area (Å²) in [4.78, 5) is 11.3. The first-order chi connectivity index (χ1) is 6.24. The summed E-state index contributed by atoms with van der Waals surface area (Å²) in [6.45, 7) is 4.01. The van der Waals surface area contributed by atoms with Crippen molar-refractivity contribution < 1.29 is 4.79 Å². The number of carbonyl (C=O) groups excluding carboxylic acids is 1. The predicted molar refractivity (Wildman–Crippen MR) is 55.7 cm³/mol. The Hall–Kier alpha value is -0.330. The van der Waals surface area contributed by atoms with E-state index in [0.717, 1.165) is 12.3 Å². The SMILES string of the molecule is CCC[C@@H]1CCCC[C@H](C(C)=O)C1. The van der Waals surface area contributed by atoms with Crippen molar-refractivity contribution in [2.75, 3.05) is 0 Å². The standard InChI is InChI=1S/C12H22O/c1-3-6-11-7-4-5-8-12(9-11)10(2)13/h11-12H,3-9H2,1-2H3/t11-,12+/m1/s1. The summed E-state index contributed by atoms with van der Waals surface area (Å²) in [7, 11) is 0. The van der Waals surface area contributed by atoms with Gasteiger partial charge in [0.25, 0.3) is 0 Å². The monoisotopic (exact) mass is 182 g/mol.